The maximum Gasteiger partial charge on any atom is 0.261 e. The number of nitrogens with zero attached hydrogens (tertiary/aromatic N) is 1. The van der Waals surface area contributed by atoms with Crippen molar-refractivity contribution >= 4 is 38.5 Å². The van der Waals surface area contributed by atoms with E-state index in [1.54, 1.807) is 4.90 Å². The van der Waals surface area contributed by atoms with E-state index >= 15 is 0 Å². The van der Waals surface area contributed by atoms with Crippen molar-refractivity contribution in [3.05, 3.63) is 76.8 Å². The van der Waals surface area contributed by atoms with Gasteiger partial charge < -0.3 is 15.0 Å². The van der Waals surface area contributed by atoms with Gasteiger partial charge in [0, 0.05) is 12.6 Å². The molecule has 0 radical (unpaired) electrons. The van der Waals surface area contributed by atoms with Crippen LogP contribution in [0, 0.1) is 0 Å². The van der Waals surface area contributed by atoms with Gasteiger partial charge in [-0.05, 0) is 57.6 Å². The van der Waals surface area contributed by atoms with Crippen molar-refractivity contribution in [2.75, 3.05) is 6.61 Å². The second-order valence-corrected chi connectivity index (χ2v) is 9.96. The molecule has 0 bridgehead atoms. The zero-order chi connectivity index (χ0) is 24.6. The SMILES string of the molecule is CC[C@@H](C(=O)NC1CCCCC1)N(Cc1ccccc1)C(=O)COc1ccc2ccccc2c1Br. The van der Waals surface area contributed by atoms with E-state index in [1.165, 1.54) is 6.42 Å². The maximum atomic E-state index is 13.5. The van der Waals surface area contributed by atoms with Crippen LogP contribution >= 0.6 is 15.9 Å². The van der Waals surface area contributed by atoms with E-state index in [2.05, 4.69) is 21.2 Å². The zero-order valence-electron chi connectivity index (χ0n) is 20.2. The fraction of sp³-hybridized carbons (Fsp3) is 0.379. The van der Waals surface area contributed by atoms with Crippen LogP contribution in [0.4, 0.5) is 0 Å². The van der Waals surface area contributed by atoms with Crippen LogP contribution in [0.5, 0.6) is 5.75 Å². The Morgan fingerprint density at radius 1 is 1.00 bits per heavy atom. The third-order valence-corrected chi connectivity index (χ3v) is 7.53. The fourth-order valence-corrected chi connectivity index (χ4v) is 5.40. The number of ether oxygens (including phenoxy) is 1. The minimum atomic E-state index is -0.548. The number of hydrogen-bond donors (Lipinski definition) is 1. The summed E-state index contributed by atoms with van der Waals surface area (Å²) in [6.07, 6.45) is 6.06. The van der Waals surface area contributed by atoms with Gasteiger partial charge in [0.15, 0.2) is 6.61 Å². The first-order chi connectivity index (χ1) is 17.1. The highest BCUT2D eigenvalue weighted by atomic mass is 79.9. The summed E-state index contributed by atoms with van der Waals surface area (Å²) in [6, 6.07) is 21.3. The van der Waals surface area contributed by atoms with Gasteiger partial charge in [-0.25, -0.2) is 0 Å². The van der Waals surface area contributed by atoms with Crippen molar-refractivity contribution in [2.45, 2.75) is 64.1 Å². The molecule has 1 saturated carbocycles. The molecule has 5 nitrogen and oxygen atoms in total. The van der Waals surface area contributed by atoms with Crippen molar-refractivity contribution in [1.29, 1.82) is 0 Å². The highest BCUT2D eigenvalue weighted by Gasteiger charge is 2.30. The van der Waals surface area contributed by atoms with E-state index in [1.807, 2.05) is 73.7 Å². The monoisotopic (exact) mass is 536 g/mol. The number of halogens is 1. The van der Waals surface area contributed by atoms with E-state index in [9.17, 15) is 9.59 Å². The van der Waals surface area contributed by atoms with Crippen LogP contribution in [-0.2, 0) is 16.1 Å². The second kappa shape index (κ2) is 12.2. The van der Waals surface area contributed by atoms with Gasteiger partial charge in [0.05, 0.1) is 4.47 Å². The number of rotatable bonds is 9. The lowest BCUT2D eigenvalue weighted by molar-refractivity contribution is -0.143. The van der Waals surface area contributed by atoms with Crippen molar-refractivity contribution in [3.8, 4) is 5.75 Å². The van der Waals surface area contributed by atoms with Crippen LogP contribution in [-0.4, -0.2) is 35.4 Å². The molecular weight excluding hydrogens is 504 g/mol. The topological polar surface area (TPSA) is 58.6 Å². The molecule has 1 aliphatic rings. The summed E-state index contributed by atoms with van der Waals surface area (Å²) in [4.78, 5) is 28.5. The van der Waals surface area contributed by atoms with E-state index in [4.69, 9.17) is 4.74 Å². The van der Waals surface area contributed by atoms with Gasteiger partial charge in [-0.1, -0.05) is 86.8 Å². The van der Waals surface area contributed by atoms with Crippen molar-refractivity contribution < 1.29 is 14.3 Å². The average molecular weight is 537 g/mol. The number of amides is 2. The number of nitrogens with one attached hydrogen (secondary N) is 1. The lowest BCUT2D eigenvalue weighted by Crippen LogP contribution is -2.52. The molecule has 3 aromatic carbocycles. The molecule has 35 heavy (non-hydrogen) atoms. The Bertz CT molecular complexity index is 1150. The number of fused-ring (bicyclic) bond motifs is 1. The average Bonchev–Trinajstić information content (AvgIpc) is 2.89. The Morgan fingerprint density at radius 2 is 1.71 bits per heavy atom. The van der Waals surface area contributed by atoms with Crippen LogP contribution < -0.4 is 10.1 Å². The normalized spacial score (nSPS) is 14.9. The molecule has 6 heteroatoms. The molecule has 0 aliphatic heterocycles. The quantitative estimate of drug-likeness (QED) is 0.352. The first kappa shape index (κ1) is 25.2. The predicted molar refractivity (Wildman–Crippen MR) is 143 cm³/mol. The van der Waals surface area contributed by atoms with Crippen molar-refractivity contribution in [2.24, 2.45) is 0 Å². The van der Waals surface area contributed by atoms with Crippen LogP contribution in [0.25, 0.3) is 10.8 Å². The number of carbonyl (C=O) groups excluding carboxylic acids is 2. The Balaban J connectivity index is 1.51. The van der Waals surface area contributed by atoms with Gasteiger partial charge in [-0.15, -0.1) is 0 Å². The third kappa shape index (κ3) is 6.43. The number of carbonyl (C=O) groups is 2. The van der Waals surface area contributed by atoms with Crippen LogP contribution in [0.1, 0.15) is 51.0 Å². The first-order valence-corrected chi connectivity index (χ1v) is 13.3. The molecule has 4 rings (SSSR count). The maximum absolute atomic E-state index is 13.5. The molecule has 184 valence electrons. The summed E-state index contributed by atoms with van der Waals surface area (Å²) < 4.78 is 6.80. The first-order valence-electron chi connectivity index (χ1n) is 12.5. The highest BCUT2D eigenvalue weighted by Crippen LogP contribution is 2.33. The Morgan fingerprint density at radius 3 is 2.46 bits per heavy atom. The van der Waals surface area contributed by atoms with Gasteiger partial charge in [-0.2, -0.15) is 0 Å². The van der Waals surface area contributed by atoms with Crippen LogP contribution in [0.3, 0.4) is 0 Å². The fourth-order valence-electron chi connectivity index (χ4n) is 4.79. The van der Waals surface area contributed by atoms with Gasteiger partial charge in [-0.3, -0.25) is 9.59 Å². The minimum Gasteiger partial charge on any atom is -0.483 e. The summed E-state index contributed by atoms with van der Waals surface area (Å²) in [6.45, 7) is 2.17. The van der Waals surface area contributed by atoms with Gasteiger partial charge in [0.2, 0.25) is 5.91 Å². The van der Waals surface area contributed by atoms with Crippen LogP contribution in [0.15, 0.2) is 71.2 Å². The summed E-state index contributed by atoms with van der Waals surface area (Å²) in [5, 5.41) is 5.33. The molecule has 0 saturated heterocycles. The summed E-state index contributed by atoms with van der Waals surface area (Å²) in [5.74, 6) is 0.325. The standard InChI is InChI=1S/C29H33BrN2O3/c1-2-25(29(34)31-23-14-7-4-8-15-23)32(19-21-11-5-3-6-12-21)27(33)20-35-26-18-17-22-13-9-10-16-24(22)28(26)30/h3,5-6,9-13,16-18,23,25H,2,4,7-8,14-15,19-20H2,1H3,(H,31,34)/t25-/m0/s1. The molecule has 0 heterocycles. The zero-order valence-corrected chi connectivity index (χ0v) is 21.8. The van der Waals surface area contributed by atoms with Crippen molar-refractivity contribution in [1.82, 2.24) is 10.2 Å². The lowest BCUT2D eigenvalue weighted by atomic mass is 9.95. The molecule has 3 aromatic rings. The Labute approximate surface area is 216 Å². The molecule has 1 fully saturated rings. The molecule has 0 aromatic heterocycles. The van der Waals surface area contributed by atoms with Gasteiger partial charge in [0.25, 0.3) is 5.91 Å². The smallest absolute Gasteiger partial charge is 0.261 e. The van der Waals surface area contributed by atoms with Crippen molar-refractivity contribution in [3.63, 3.8) is 0 Å². The molecule has 1 atom stereocenters. The largest absolute Gasteiger partial charge is 0.483 e. The molecular formula is C29H33BrN2O3. The molecule has 1 aliphatic carbocycles. The van der Waals surface area contributed by atoms with Crippen LogP contribution in [0.2, 0.25) is 0 Å². The number of hydrogen-bond acceptors (Lipinski definition) is 3. The predicted octanol–water partition coefficient (Wildman–Crippen LogP) is 6.24. The molecule has 1 N–H and O–H groups in total. The summed E-state index contributed by atoms with van der Waals surface area (Å²) in [7, 11) is 0. The van der Waals surface area contributed by atoms with E-state index < -0.39 is 6.04 Å². The number of benzene rings is 3. The summed E-state index contributed by atoms with van der Waals surface area (Å²) >= 11 is 3.63. The van der Waals surface area contributed by atoms with Gasteiger partial charge >= 0.3 is 0 Å². The molecule has 0 unspecified atom stereocenters. The molecule has 2 amide bonds. The Kier molecular flexibility index (Phi) is 8.80. The third-order valence-electron chi connectivity index (χ3n) is 6.71. The minimum absolute atomic E-state index is 0.0735. The van der Waals surface area contributed by atoms with E-state index in [0.29, 0.717) is 18.7 Å². The van der Waals surface area contributed by atoms with E-state index in [0.717, 1.165) is 46.5 Å². The second-order valence-electron chi connectivity index (χ2n) is 9.16. The lowest BCUT2D eigenvalue weighted by Gasteiger charge is -2.32. The van der Waals surface area contributed by atoms with Gasteiger partial charge in [0.1, 0.15) is 11.8 Å². The Hall–Kier alpha value is -2.86. The molecule has 0 spiro atoms. The summed E-state index contributed by atoms with van der Waals surface area (Å²) in [5.41, 5.74) is 0.983. The van der Waals surface area contributed by atoms with E-state index in [-0.39, 0.29) is 24.5 Å². The highest BCUT2D eigenvalue weighted by molar-refractivity contribution is 9.10.